The highest BCUT2D eigenvalue weighted by molar-refractivity contribution is 8.26. The number of rotatable bonds is 2. The number of nitrogens with zero attached hydrogens (tertiary/aromatic N) is 1. The molecular formula is C19H8F6N2O2S2. The van der Waals surface area contributed by atoms with Gasteiger partial charge in [-0.15, -0.1) is 0 Å². The van der Waals surface area contributed by atoms with Crippen LogP contribution in [0.15, 0.2) is 46.0 Å². The van der Waals surface area contributed by atoms with E-state index < -0.39 is 29.4 Å². The van der Waals surface area contributed by atoms with Crippen molar-refractivity contribution in [2.45, 2.75) is 12.4 Å². The molecule has 160 valence electrons. The zero-order valence-electron chi connectivity index (χ0n) is 14.9. The molecule has 1 N–H and O–H groups in total. The summed E-state index contributed by atoms with van der Waals surface area (Å²) in [4.78, 5) is 15.9. The van der Waals surface area contributed by atoms with Gasteiger partial charge in [0.15, 0.2) is 0 Å². The fourth-order valence-corrected chi connectivity index (χ4v) is 3.94. The van der Waals surface area contributed by atoms with E-state index in [0.717, 1.165) is 18.0 Å². The fourth-order valence-electron chi connectivity index (χ4n) is 2.92. The number of halogens is 6. The molecule has 0 aliphatic carbocycles. The maximum atomic E-state index is 13.2. The molecular weight excluding hydrogens is 466 g/mol. The van der Waals surface area contributed by atoms with Crippen molar-refractivity contribution in [3.8, 4) is 11.1 Å². The van der Waals surface area contributed by atoms with E-state index >= 15 is 0 Å². The topological polar surface area (TPSA) is 55.1 Å². The number of nitrogens with one attached hydrogen (secondary N) is 1. The Balaban J connectivity index is 1.87. The molecule has 0 unspecified atom stereocenters. The van der Waals surface area contributed by atoms with Crippen LogP contribution in [0.1, 0.15) is 16.9 Å². The molecule has 1 amide bonds. The Morgan fingerprint density at radius 3 is 2.19 bits per heavy atom. The molecule has 12 heteroatoms. The summed E-state index contributed by atoms with van der Waals surface area (Å²) >= 11 is 5.88. The van der Waals surface area contributed by atoms with E-state index in [2.05, 4.69) is 10.3 Å². The number of hydrogen-bond donors (Lipinski definition) is 1. The minimum atomic E-state index is -4.98. The van der Waals surface area contributed by atoms with Crippen LogP contribution in [0.5, 0.6) is 0 Å². The highest BCUT2D eigenvalue weighted by Crippen LogP contribution is 2.40. The smallest absolute Gasteiger partial charge is 0.416 e. The summed E-state index contributed by atoms with van der Waals surface area (Å²) in [6.45, 7) is 0. The molecule has 0 atom stereocenters. The van der Waals surface area contributed by atoms with E-state index in [4.69, 9.17) is 16.6 Å². The van der Waals surface area contributed by atoms with Gasteiger partial charge in [-0.2, -0.15) is 26.3 Å². The van der Waals surface area contributed by atoms with E-state index in [0.29, 0.717) is 17.5 Å². The second kappa shape index (κ2) is 7.38. The predicted octanol–water partition coefficient (Wildman–Crippen LogP) is 6.02. The number of fused-ring (bicyclic) bond motifs is 1. The number of thioether (sulfide) groups is 1. The number of benzene rings is 1. The van der Waals surface area contributed by atoms with Crippen LogP contribution in [0, 0.1) is 0 Å². The Labute approximate surface area is 179 Å². The molecule has 1 aliphatic heterocycles. The number of aromatic nitrogens is 1. The zero-order valence-corrected chi connectivity index (χ0v) is 16.5. The van der Waals surface area contributed by atoms with Crippen LogP contribution in [0.3, 0.4) is 0 Å². The number of pyridine rings is 1. The normalized spacial score (nSPS) is 16.4. The number of hydrogen-bond acceptors (Lipinski definition) is 5. The molecule has 0 spiro atoms. The number of amides is 1. The number of alkyl halides is 6. The third-order valence-corrected chi connectivity index (χ3v) is 5.42. The molecule has 2 aromatic heterocycles. The highest BCUT2D eigenvalue weighted by atomic mass is 32.2. The second-order valence-corrected chi connectivity index (χ2v) is 8.12. The lowest BCUT2D eigenvalue weighted by atomic mass is 9.99. The van der Waals surface area contributed by atoms with Gasteiger partial charge in [0, 0.05) is 29.4 Å². The second-order valence-electron chi connectivity index (χ2n) is 6.40. The minimum absolute atomic E-state index is 0.0280. The zero-order chi connectivity index (χ0) is 22.6. The molecule has 1 fully saturated rings. The van der Waals surface area contributed by atoms with E-state index in [9.17, 15) is 31.1 Å². The molecule has 3 aromatic rings. The van der Waals surface area contributed by atoms with Crippen LogP contribution in [0.4, 0.5) is 26.3 Å². The first-order valence-electron chi connectivity index (χ1n) is 8.34. The summed E-state index contributed by atoms with van der Waals surface area (Å²) in [5.74, 6) is -0.281. The summed E-state index contributed by atoms with van der Waals surface area (Å²) in [5.41, 5.74) is -3.28. The molecule has 4 nitrogen and oxygen atoms in total. The Morgan fingerprint density at radius 1 is 1.00 bits per heavy atom. The molecule has 1 aromatic carbocycles. The van der Waals surface area contributed by atoms with E-state index in [-0.39, 0.29) is 37.8 Å². The maximum Gasteiger partial charge on any atom is 0.416 e. The monoisotopic (exact) mass is 474 g/mol. The van der Waals surface area contributed by atoms with Crippen LogP contribution in [-0.2, 0) is 17.1 Å². The molecule has 1 aliphatic rings. The molecule has 1 saturated heterocycles. The summed E-state index contributed by atoms with van der Waals surface area (Å²) < 4.78 is 85.1. The number of carbonyl (C=O) groups excluding carboxylic acids is 1. The highest BCUT2D eigenvalue weighted by Gasteiger charge is 2.37. The molecule has 0 saturated carbocycles. The van der Waals surface area contributed by atoms with Crippen molar-refractivity contribution in [2.24, 2.45) is 0 Å². The Morgan fingerprint density at radius 2 is 1.65 bits per heavy atom. The van der Waals surface area contributed by atoms with Gasteiger partial charge in [-0.1, -0.05) is 24.0 Å². The largest absolute Gasteiger partial charge is 0.456 e. The van der Waals surface area contributed by atoms with Crippen LogP contribution in [-0.4, -0.2) is 15.2 Å². The lowest BCUT2D eigenvalue weighted by molar-refractivity contribution is -0.143. The predicted molar refractivity (Wildman–Crippen MR) is 106 cm³/mol. The average molecular weight is 474 g/mol. The first kappa shape index (κ1) is 21.4. The SMILES string of the molecule is O=C1NC(=S)S/C1=C\c1cc2cncc(-c3cc(C(F)(F)F)cc(C(F)(F)F)c3)c2o1. The van der Waals surface area contributed by atoms with Crippen LogP contribution in [0.2, 0.25) is 0 Å². The van der Waals surface area contributed by atoms with Gasteiger partial charge in [0.05, 0.1) is 16.0 Å². The van der Waals surface area contributed by atoms with Gasteiger partial charge in [0.25, 0.3) is 5.91 Å². The van der Waals surface area contributed by atoms with Crippen molar-refractivity contribution in [1.82, 2.24) is 10.3 Å². The molecule has 0 bridgehead atoms. The summed E-state index contributed by atoms with van der Waals surface area (Å²) in [7, 11) is 0. The van der Waals surface area contributed by atoms with Gasteiger partial charge >= 0.3 is 12.4 Å². The fraction of sp³-hybridized carbons (Fsp3) is 0.105. The van der Waals surface area contributed by atoms with Gasteiger partial charge in [-0.05, 0) is 29.8 Å². The van der Waals surface area contributed by atoms with Gasteiger partial charge in [0.1, 0.15) is 15.7 Å². The maximum absolute atomic E-state index is 13.2. The van der Waals surface area contributed by atoms with E-state index in [1.54, 1.807) is 0 Å². The lowest BCUT2D eigenvalue weighted by Crippen LogP contribution is -2.17. The van der Waals surface area contributed by atoms with E-state index in [1.807, 2.05) is 0 Å². The molecule has 0 radical (unpaired) electrons. The van der Waals surface area contributed by atoms with Crippen LogP contribution < -0.4 is 5.32 Å². The van der Waals surface area contributed by atoms with Crippen molar-refractivity contribution in [3.63, 3.8) is 0 Å². The third-order valence-electron chi connectivity index (χ3n) is 4.26. The van der Waals surface area contributed by atoms with Gasteiger partial charge in [0.2, 0.25) is 0 Å². The standard InChI is InChI=1S/C19H8F6N2O2S2/c20-18(21,22)10-1-8(2-11(4-10)19(23,24)25)13-7-26-6-9-3-12(29-15(9)13)5-14-16(28)27-17(30)31-14/h1-7H,(H,27,28,30)/b14-5-. The Kier molecular flexibility index (Phi) is 5.09. The van der Waals surface area contributed by atoms with Crippen LogP contribution >= 0.6 is 24.0 Å². The van der Waals surface area contributed by atoms with Crippen molar-refractivity contribution in [2.75, 3.05) is 0 Å². The van der Waals surface area contributed by atoms with Gasteiger partial charge in [-0.3, -0.25) is 9.78 Å². The van der Waals surface area contributed by atoms with Crippen LogP contribution in [0.25, 0.3) is 28.2 Å². The van der Waals surface area contributed by atoms with Crippen molar-refractivity contribution in [1.29, 1.82) is 0 Å². The summed E-state index contributed by atoms with van der Waals surface area (Å²) in [5, 5.41) is 2.75. The van der Waals surface area contributed by atoms with Crippen molar-refractivity contribution < 1.29 is 35.6 Å². The first-order valence-corrected chi connectivity index (χ1v) is 9.56. The average Bonchev–Trinajstić information content (AvgIpc) is 3.21. The van der Waals surface area contributed by atoms with Crippen molar-refractivity contribution >= 4 is 51.3 Å². The van der Waals surface area contributed by atoms with Crippen molar-refractivity contribution in [3.05, 3.63) is 58.5 Å². The van der Waals surface area contributed by atoms with E-state index in [1.165, 1.54) is 18.3 Å². The first-order chi connectivity index (χ1) is 14.4. The lowest BCUT2D eigenvalue weighted by Gasteiger charge is -2.14. The number of thiocarbonyl (C=S) groups is 1. The summed E-state index contributed by atoms with van der Waals surface area (Å²) in [6, 6.07) is 2.72. The molecule has 31 heavy (non-hydrogen) atoms. The minimum Gasteiger partial charge on any atom is -0.456 e. The number of furan rings is 1. The molecule has 3 heterocycles. The quantitative estimate of drug-likeness (QED) is 0.280. The molecule has 4 rings (SSSR count). The Bertz CT molecular complexity index is 1230. The third kappa shape index (κ3) is 4.30. The Hall–Kier alpha value is -2.86. The summed E-state index contributed by atoms with van der Waals surface area (Å²) in [6.07, 6.45) is -6.14. The number of carbonyl (C=O) groups is 1. The van der Waals surface area contributed by atoms with Gasteiger partial charge in [-0.25, -0.2) is 0 Å². The van der Waals surface area contributed by atoms with Gasteiger partial charge < -0.3 is 9.73 Å².